The van der Waals surface area contributed by atoms with Gasteiger partial charge in [-0.05, 0) is 63.5 Å². The van der Waals surface area contributed by atoms with Gasteiger partial charge in [-0.2, -0.15) is 0 Å². The average Bonchev–Trinajstić information content (AvgIpc) is 3.09. The van der Waals surface area contributed by atoms with Gasteiger partial charge in [-0.25, -0.2) is 4.79 Å². The molecule has 0 N–H and O–H groups in total. The van der Waals surface area contributed by atoms with E-state index in [0.717, 1.165) is 16.9 Å². The topological polar surface area (TPSA) is 91.4 Å². The van der Waals surface area contributed by atoms with Gasteiger partial charge in [0.2, 0.25) is 0 Å². The van der Waals surface area contributed by atoms with Crippen molar-refractivity contribution in [2.75, 3.05) is 6.54 Å². The molecule has 39 heavy (non-hydrogen) atoms. The van der Waals surface area contributed by atoms with E-state index < -0.39 is 17.1 Å². The van der Waals surface area contributed by atoms with E-state index >= 15 is 0 Å². The zero-order valence-electron chi connectivity index (χ0n) is 22.7. The van der Waals surface area contributed by atoms with E-state index in [1.165, 1.54) is 0 Å². The summed E-state index contributed by atoms with van der Waals surface area (Å²) >= 11 is 0. The van der Waals surface area contributed by atoms with Gasteiger partial charge in [0.15, 0.2) is 0 Å². The Morgan fingerprint density at radius 2 is 1.79 bits per heavy atom. The number of benzene rings is 2. The third kappa shape index (κ3) is 5.95. The summed E-state index contributed by atoms with van der Waals surface area (Å²) in [6, 6.07) is 14.8. The average molecular weight is 534 g/mol. The van der Waals surface area contributed by atoms with Crippen molar-refractivity contribution in [3.05, 3.63) is 71.8 Å². The molecule has 8 nitrogen and oxygen atoms in total. The van der Waals surface area contributed by atoms with Gasteiger partial charge in [0.25, 0.3) is 0 Å². The summed E-state index contributed by atoms with van der Waals surface area (Å²) in [5, 5.41) is 0. The Hall–Kier alpha value is -3.81. The van der Waals surface area contributed by atoms with Crippen molar-refractivity contribution in [2.24, 2.45) is 0 Å². The molecule has 0 saturated carbocycles. The van der Waals surface area contributed by atoms with Crippen LogP contribution in [-0.2, 0) is 31.0 Å². The van der Waals surface area contributed by atoms with Crippen LogP contribution in [0.5, 0.6) is 11.5 Å². The van der Waals surface area contributed by atoms with Gasteiger partial charge >= 0.3 is 18.0 Å². The monoisotopic (exact) mass is 533 g/mol. The maximum atomic E-state index is 12.9. The van der Waals surface area contributed by atoms with E-state index in [-0.39, 0.29) is 37.0 Å². The largest absolute Gasteiger partial charge is 0.489 e. The summed E-state index contributed by atoms with van der Waals surface area (Å²) in [6.45, 7) is 6.58. The molecule has 2 aliphatic heterocycles. The van der Waals surface area contributed by atoms with E-state index in [2.05, 4.69) is 6.08 Å². The van der Waals surface area contributed by atoms with Crippen LogP contribution in [-0.4, -0.2) is 47.3 Å². The van der Waals surface area contributed by atoms with Crippen molar-refractivity contribution < 1.29 is 33.3 Å². The second-order valence-corrected chi connectivity index (χ2v) is 11.4. The molecule has 0 radical (unpaired) electrons. The van der Waals surface area contributed by atoms with Crippen LogP contribution in [0.2, 0.25) is 0 Å². The van der Waals surface area contributed by atoms with Gasteiger partial charge in [0.1, 0.15) is 29.3 Å². The lowest BCUT2D eigenvalue weighted by Crippen LogP contribution is -2.44. The number of amides is 1. The van der Waals surface area contributed by atoms with E-state index in [0.29, 0.717) is 38.1 Å². The maximum absolute atomic E-state index is 12.9. The van der Waals surface area contributed by atoms with Crippen molar-refractivity contribution in [1.29, 1.82) is 0 Å². The van der Waals surface area contributed by atoms with Gasteiger partial charge in [-0.15, -0.1) is 0 Å². The Kier molecular flexibility index (Phi) is 7.38. The third-order valence-corrected chi connectivity index (χ3v) is 7.30. The number of hydrogen-bond donors (Lipinski definition) is 0. The van der Waals surface area contributed by atoms with Crippen molar-refractivity contribution >= 4 is 18.0 Å². The minimum Gasteiger partial charge on any atom is -0.489 e. The van der Waals surface area contributed by atoms with Gasteiger partial charge < -0.3 is 23.8 Å². The van der Waals surface area contributed by atoms with Crippen LogP contribution in [0.25, 0.3) is 0 Å². The second kappa shape index (κ2) is 10.8. The predicted molar refractivity (Wildman–Crippen MR) is 143 cm³/mol. The first kappa shape index (κ1) is 26.8. The smallest absolute Gasteiger partial charge is 0.410 e. The molecule has 5 rings (SSSR count). The van der Waals surface area contributed by atoms with Crippen LogP contribution in [0.3, 0.4) is 0 Å². The van der Waals surface area contributed by atoms with Crippen molar-refractivity contribution in [3.63, 3.8) is 0 Å². The standard InChI is InChI=1S/C31H35NO7/c1-30(2,3)39-29(35)32-18-17-31-16-15-23(19-25(31)38-24-12-7-9-21(20-32)28(24)31)37-27(34)14-8-13-26(33)36-22-10-5-4-6-11-22/h4-7,9-12,15-16,23,25H,8,13-14,17-20H2,1-3H3/t23-,25?,31?/m0/s1. The second-order valence-electron chi connectivity index (χ2n) is 11.4. The van der Waals surface area contributed by atoms with Crippen LogP contribution in [0.15, 0.2) is 60.7 Å². The van der Waals surface area contributed by atoms with Gasteiger partial charge in [-0.1, -0.05) is 36.4 Å². The summed E-state index contributed by atoms with van der Waals surface area (Å²) < 4.78 is 23.1. The molecule has 0 bridgehead atoms. The molecule has 1 spiro atoms. The molecule has 2 heterocycles. The van der Waals surface area contributed by atoms with Crippen LogP contribution < -0.4 is 9.47 Å². The number of rotatable bonds is 6. The normalized spacial score (nSPS) is 23.1. The molecule has 2 aromatic carbocycles. The fourth-order valence-corrected chi connectivity index (χ4v) is 5.59. The summed E-state index contributed by atoms with van der Waals surface area (Å²) in [5.41, 5.74) is 1.19. The fourth-order valence-electron chi connectivity index (χ4n) is 5.59. The van der Waals surface area contributed by atoms with E-state index in [4.69, 9.17) is 18.9 Å². The number of para-hydroxylation sites is 1. The van der Waals surface area contributed by atoms with E-state index in [1.807, 2.05) is 51.1 Å². The molecular formula is C31H35NO7. The van der Waals surface area contributed by atoms with E-state index in [9.17, 15) is 14.4 Å². The van der Waals surface area contributed by atoms with Gasteiger partial charge in [-0.3, -0.25) is 9.59 Å². The maximum Gasteiger partial charge on any atom is 0.410 e. The Labute approximate surface area is 228 Å². The highest BCUT2D eigenvalue weighted by Crippen LogP contribution is 2.53. The molecule has 1 amide bonds. The minimum absolute atomic E-state index is 0.125. The number of carbonyl (C=O) groups is 3. The lowest BCUT2D eigenvalue weighted by atomic mass is 9.69. The summed E-state index contributed by atoms with van der Waals surface area (Å²) in [6.07, 6.45) is 4.88. The Morgan fingerprint density at radius 3 is 2.56 bits per heavy atom. The molecule has 3 aliphatic rings. The molecule has 3 atom stereocenters. The lowest BCUT2D eigenvalue weighted by molar-refractivity contribution is -0.148. The molecule has 0 aromatic heterocycles. The molecule has 8 heteroatoms. The summed E-state index contributed by atoms with van der Waals surface area (Å²) in [5.74, 6) is 0.563. The highest BCUT2D eigenvalue weighted by atomic mass is 16.6. The van der Waals surface area contributed by atoms with Crippen LogP contribution in [0, 0.1) is 0 Å². The van der Waals surface area contributed by atoms with Crippen molar-refractivity contribution in [2.45, 2.75) is 82.6 Å². The highest BCUT2D eigenvalue weighted by molar-refractivity contribution is 5.74. The van der Waals surface area contributed by atoms with Crippen molar-refractivity contribution in [3.8, 4) is 11.5 Å². The quantitative estimate of drug-likeness (QED) is 0.276. The Balaban J connectivity index is 1.20. The predicted octanol–water partition coefficient (Wildman–Crippen LogP) is 5.47. The lowest BCUT2D eigenvalue weighted by Gasteiger charge is -2.37. The first-order valence-corrected chi connectivity index (χ1v) is 13.5. The minimum atomic E-state index is -0.571. The van der Waals surface area contributed by atoms with Crippen LogP contribution in [0.4, 0.5) is 4.79 Å². The number of ether oxygens (including phenoxy) is 4. The van der Waals surface area contributed by atoms with Crippen LogP contribution in [0.1, 0.15) is 64.0 Å². The zero-order chi connectivity index (χ0) is 27.6. The zero-order valence-corrected chi connectivity index (χ0v) is 22.7. The van der Waals surface area contributed by atoms with Crippen LogP contribution >= 0.6 is 0 Å². The number of esters is 2. The van der Waals surface area contributed by atoms with Gasteiger partial charge in [0.05, 0.1) is 5.41 Å². The van der Waals surface area contributed by atoms with Gasteiger partial charge in [0, 0.05) is 37.9 Å². The van der Waals surface area contributed by atoms with Crippen molar-refractivity contribution in [1.82, 2.24) is 4.90 Å². The van der Waals surface area contributed by atoms with E-state index in [1.54, 1.807) is 29.2 Å². The Bertz CT molecular complexity index is 1270. The number of hydrogen-bond acceptors (Lipinski definition) is 7. The molecule has 206 valence electrons. The molecule has 0 fully saturated rings. The molecular weight excluding hydrogens is 498 g/mol. The Morgan fingerprint density at radius 1 is 1.03 bits per heavy atom. The molecule has 0 saturated heterocycles. The fraction of sp³-hybridized carbons (Fsp3) is 0.452. The SMILES string of the molecule is CC(C)(C)OC(=O)N1CCC23C=C[C@H](OC(=O)CCCC(=O)Oc4ccccc4)CC2Oc2cccc(c23)C1. The number of carbonyl (C=O) groups excluding carboxylic acids is 3. The highest BCUT2D eigenvalue weighted by Gasteiger charge is 2.52. The third-order valence-electron chi connectivity index (χ3n) is 7.30. The first-order chi connectivity index (χ1) is 18.6. The summed E-state index contributed by atoms with van der Waals surface area (Å²) in [4.78, 5) is 39.3. The number of nitrogens with zero attached hydrogens (tertiary/aromatic N) is 1. The first-order valence-electron chi connectivity index (χ1n) is 13.5. The molecule has 2 aromatic rings. The summed E-state index contributed by atoms with van der Waals surface area (Å²) in [7, 11) is 0. The molecule has 1 aliphatic carbocycles. The molecule has 2 unspecified atom stereocenters.